The first kappa shape index (κ1) is 20.1. The van der Waals surface area contributed by atoms with Crippen molar-refractivity contribution in [1.29, 1.82) is 0 Å². The van der Waals surface area contributed by atoms with Crippen molar-refractivity contribution < 1.29 is 13.2 Å². The van der Waals surface area contributed by atoms with E-state index in [1.54, 1.807) is 18.3 Å². The molecule has 1 heterocycles. The topological polar surface area (TPSA) is 63.2 Å². The molecule has 0 saturated heterocycles. The second-order valence-electron chi connectivity index (χ2n) is 6.22. The Morgan fingerprint density at radius 1 is 1.28 bits per heavy atom. The minimum absolute atomic E-state index is 0.148. The van der Waals surface area contributed by atoms with Crippen molar-refractivity contribution in [3.63, 3.8) is 0 Å². The maximum atomic E-state index is 12.4. The Labute approximate surface area is 161 Å². The summed E-state index contributed by atoms with van der Waals surface area (Å²) < 4.78 is 25.1. The Kier molecular flexibility index (Phi) is 6.82. The van der Waals surface area contributed by atoms with Crippen LogP contribution in [-0.2, 0) is 21.1 Å². The highest BCUT2D eigenvalue weighted by molar-refractivity contribution is 9.10. The summed E-state index contributed by atoms with van der Waals surface area (Å²) in [6.45, 7) is 3.60. The number of benzene rings is 1. The van der Waals surface area contributed by atoms with E-state index in [0.717, 1.165) is 20.5 Å². The van der Waals surface area contributed by atoms with Crippen LogP contribution in [0.15, 0.2) is 40.2 Å². The third kappa shape index (κ3) is 5.94. The Morgan fingerprint density at radius 2 is 1.92 bits per heavy atom. The number of halogens is 1. The molecule has 25 heavy (non-hydrogen) atoms. The lowest BCUT2D eigenvalue weighted by Crippen LogP contribution is -2.38. The highest BCUT2D eigenvalue weighted by Crippen LogP contribution is 2.24. The second kappa shape index (κ2) is 8.47. The fraction of sp³-hybridized carbons (Fsp3) is 0.389. The van der Waals surface area contributed by atoms with Crippen LogP contribution < -0.4 is 5.32 Å². The molecule has 1 aromatic carbocycles. The van der Waals surface area contributed by atoms with E-state index in [9.17, 15) is 13.2 Å². The molecular weight excluding hydrogens is 422 g/mol. The molecule has 136 valence electrons. The van der Waals surface area contributed by atoms with Gasteiger partial charge in [0.2, 0.25) is 5.91 Å². The lowest BCUT2D eigenvalue weighted by molar-refractivity contribution is -0.121. The quantitative estimate of drug-likeness (QED) is 0.701. The molecule has 2 aromatic rings. The van der Waals surface area contributed by atoms with Gasteiger partial charge in [0.05, 0.1) is 11.3 Å². The summed E-state index contributed by atoms with van der Waals surface area (Å²) in [6.07, 6.45) is 2.16. The standard InChI is InChI=1S/C18H22BrNO3S2/c1-12-4-6-14(7-5-12)18(13(2)25(3,22)23)20-17(21)9-8-16-10-15(19)11-24-16/h4-7,10-11,13,18H,8-9H2,1-3H3,(H,20,21)/t13-,18-/m1/s1. The summed E-state index contributed by atoms with van der Waals surface area (Å²) in [5, 5.41) is 4.19. The first-order chi connectivity index (χ1) is 11.7. The SMILES string of the molecule is Cc1ccc([C@H](NC(=O)CCc2cc(Br)cs2)[C@@H](C)S(C)(=O)=O)cc1. The minimum atomic E-state index is -3.29. The molecule has 0 unspecified atom stereocenters. The summed E-state index contributed by atoms with van der Waals surface area (Å²) in [5.74, 6) is -0.148. The van der Waals surface area contributed by atoms with E-state index < -0.39 is 21.1 Å². The Hall–Kier alpha value is -1.18. The number of nitrogens with one attached hydrogen (secondary N) is 1. The van der Waals surface area contributed by atoms with Gasteiger partial charge in [-0.05, 0) is 47.8 Å². The minimum Gasteiger partial charge on any atom is -0.348 e. The van der Waals surface area contributed by atoms with E-state index in [-0.39, 0.29) is 5.91 Å². The molecule has 0 radical (unpaired) electrons. The fourth-order valence-corrected chi connectivity index (χ4v) is 4.63. The van der Waals surface area contributed by atoms with Crippen LogP contribution in [0, 0.1) is 6.92 Å². The van der Waals surface area contributed by atoms with Gasteiger partial charge in [-0.1, -0.05) is 29.8 Å². The van der Waals surface area contributed by atoms with Crippen LogP contribution in [0.4, 0.5) is 0 Å². The van der Waals surface area contributed by atoms with Crippen LogP contribution in [0.3, 0.4) is 0 Å². The average molecular weight is 444 g/mol. The average Bonchev–Trinajstić information content (AvgIpc) is 2.95. The summed E-state index contributed by atoms with van der Waals surface area (Å²) >= 11 is 5.00. The van der Waals surface area contributed by atoms with Crippen molar-refractivity contribution >= 4 is 43.0 Å². The fourth-order valence-electron chi connectivity index (χ4n) is 2.46. The van der Waals surface area contributed by atoms with Crippen molar-refractivity contribution in [3.8, 4) is 0 Å². The monoisotopic (exact) mass is 443 g/mol. The van der Waals surface area contributed by atoms with Gasteiger partial charge in [0.1, 0.15) is 0 Å². The number of carbonyl (C=O) groups is 1. The van der Waals surface area contributed by atoms with Crippen molar-refractivity contribution in [2.45, 2.75) is 38.0 Å². The van der Waals surface area contributed by atoms with E-state index in [1.807, 2.05) is 42.6 Å². The molecule has 1 amide bonds. The third-order valence-electron chi connectivity index (χ3n) is 4.12. The number of hydrogen-bond donors (Lipinski definition) is 1. The van der Waals surface area contributed by atoms with E-state index in [1.165, 1.54) is 6.26 Å². The molecular formula is C18H22BrNO3S2. The van der Waals surface area contributed by atoms with Gasteiger partial charge in [0.15, 0.2) is 9.84 Å². The van der Waals surface area contributed by atoms with Crippen LogP contribution in [0.1, 0.15) is 35.4 Å². The van der Waals surface area contributed by atoms with Gasteiger partial charge in [0, 0.05) is 27.4 Å². The lowest BCUT2D eigenvalue weighted by atomic mass is 10.0. The Morgan fingerprint density at radius 3 is 2.44 bits per heavy atom. The predicted octanol–water partition coefficient (Wildman–Crippen LogP) is 4.04. The summed E-state index contributed by atoms with van der Waals surface area (Å²) in [5.41, 5.74) is 1.89. The molecule has 0 spiro atoms. The summed E-state index contributed by atoms with van der Waals surface area (Å²) in [6, 6.07) is 9.03. The molecule has 2 rings (SSSR count). The number of amides is 1. The lowest BCUT2D eigenvalue weighted by Gasteiger charge is -2.24. The van der Waals surface area contributed by atoms with Crippen LogP contribution >= 0.6 is 27.3 Å². The van der Waals surface area contributed by atoms with E-state index >= 15 is 0 Å². The van der Waals surface area contributed by atoms with Crippen molar-refractivity contribution in [1.82, 2.24) is 5.32 Å². The Bertz CT molecular complexity index is 828. The van der Waals surface area contributed by atoms with Gasteiger partial charge < -0.3 is 5.32 Å². The number of sulfone groups is 1. The molecule has 0 bridgehead atoms. The molecule has 0 aliphatic carbocycles. The van der Waals surface area contributed by atoms with E-state index in [2.05, 4.69) is 21.2 Å². The molecule has 1 N–H and O–H groups in total. The second-order valence-corrected chi connectivity index (χ2v) is 10.5. The number of aryl methyl sites for hydroxylation is 2. The van der Waals surface area contributed by atoms with Crippen LogP contribution in [-0.4, -0.2) is 25.8 Å². The number of thiophene rings is 1. The van der Waals surface area contributed by atoms with Crippen molar-refractivity contribution in [2.24, 2.45) is 0 Å². The van der Waals surface area contributed by atoms with Crippen molar-refractivity contribution in [3.05, 3.63) is 56.2 Å². The molecule has 0 aliphatic heterocycles. The highest BCUT2D eigenvalue weighted by Gasteiger charge is 2.28. The Balaban J connectivity index is 2.12. The van der Waals surface area contributed by atoms with Crippen LogP contribution in [0.2, 0.25) is 0 Å². The van der Waals surface area contributed by atoms with Gasteiger partial charge in [-0.25, -0.2) is 8.42 Å². The molecule has 7 heteroatoms. The molecule has 2 atom stereocenters. The first-order valence-electron chi connectivity index (χ1n) is 7.94. The number of rotatable bonds is 7. The molecule has 0 aliphatic rings. The largest absolute Gasteiger partial charge is 0.348 e. The first-order valence-corrected chi connectivity index (χ1v) is 11.6. The molecule has 4 nitrogen and oxygen atoms in total. The highest BCUT2D eigenvalue weighted by atomic mass is 79.9. The molecule has 0 fully saturated rings. The zero-order chi connectivity index (χ0) is 18.6. The van der Waals surface area contributed by atoms with Crippen LogP contribution in [0.25, 0.3) is 0 Å². The number of hydrogen-bond acceptors (Lipinski definition) is 4. The molecule has 1 aromatic heterocycles. The zero-order valence-corrected chi connectivity index (χ0v) is 17.7. The summed E-state index contributed by atoms with van der Waals surface area (Å²) in [4.78, 5) is 13.5. The summed E-state index contributed by atoms with van der Waals surface area (Å²) in [7, 11) is -3.29. The zero-order valence-electron chi connectivity index (χ0n) is 14.5. The van der Waals surface area contributed by atoms with Gasteiger partial charge in [-0.2, -0.15) is 0 Å². The van der Waals surface area contributed by atoms with Crippen LogP contribution in [0.5, 0.6) is 0 Å². The smallest absolute Gasteiger partial charge is 0.220 e. The number of carbonyl (C=O) groups excluding carboxylic acids is 1. The van der Waals surface area contributed by atoms with Gasteiger partial charge >= 0.3 is 0 Å². The molecule has 0 saturated carbocycles. The maximum absolute atomic E-state index is 12.4. The van der Waals surface area contributed by atoms with Gasteiger partial charge in [0.25, 0.3) is 0 Å². The van der Waals surface area contributed by atoms with E-state index in [4.69, 9.17) is 0 Å². The van der Waals surface area contributed by atoms with Crippen molar-refractivity contribution in [2.75, 3.05) is 6.26 Å². The maximum Gasteiger partial charge on any atom is 0.220 e. The van der Waals surface area contributed by atoms with Gasteiger partial charge in [-0.3, -0.25) is 4.79 Å². The van der Waals surface area contributed by atoms with E-state index in [0.29, 0.717) is 12.8 Å². The third-order valence-corrected chi connectivity index (χ3v) is 7.50. The normalized spacial score (nSPS) is 14.1. The van der Waals surface area contributed by atoms with Gasteiger partial charge in [-0.15, -0.1) is 11.3 Å². The predicted molar refractivity (Wildman–Crippen MR) is 107 cm³/mol.